The van der Waals surface area contributed by atoms with Gasteiger partial charge in [0.05, 0.1) is 10.6 Å². The SMILES string of the molecule is Cc1ccc(NC(=S)NCCC(C)C)cc1S(=O)(=O)Nc1ccc(NNC(=O)C(F)(F)F)cc1. The molecule has 8 nitrogen and oxygen atoms in total. The number of hydrogen-bond acceptors (Lipinski definition) is 5. The number of alkyl halides is 3. The van der Waals surface area contributed by atoms with Crippen LogP contribution in [-0.4, -0.2) is 32.2 Å². The summed E-state index contributed by atoms with van der Waals surface area (Å²) in [5.74, 6) is -1.64. The third-order valence-electron chi connectivity index (χ3n) is 4.46. The second-order valence-electron chi connectivity index (χ2n) is 7.80. The number of halogens is 3. The number of carbonyl (C=O) groups excluding carboxylic acids is 1. The molecule has 0 fully saturated rings. The van der Waals surface area contributed by atoms with E-state index < -0.39 is 22.1 Å². The van der Waals surface area contributed by atoms with E-state index in [1.165, 1.54) is 35.8 Å². The summed E-state index contributed by atoms with van der Waals surface area (Å²) in [4.78, 5) is 10.9. The Morgan fingerprint density at radius 3 is 2.21 bits per heavy atom. The number of rotatable bonds is 9. The fourth-order valence-corrected chi connectivity index (χ4v) is 4.20. The predicted molar refractivity (Wildman–Crippen MR) is 130 cm³/mol. The molecule has 2 rings (SSSR count). The van der Waals surface area contributed by atoms with E-state index >= 15 is 0 Å². The zero-order valence-corrected chi connectivity index (χ0v) is 20.3. The van der Waals surface area contributed by atoms with E-state index in [9.17, 15) is 26.4 Å². The van der Waals surface area contributed by atoms with Crippen LogP contribution < -0.4 is 26.2 Å². The molecule has 13 heteroatoms. The number of hydrogen-bond donors (Lipinski definition) is 5. The Balaban J connectivity index is 2.06. The van der Waals surface area contributed by atoms with Crippen LogP contribution in [0.4, 0.5) is 30.2 Å². The van der Waals surface area contributed by atoms with Gasteiger partial charge in [0.15, 0.2) is 5.11 Å². The highest BCUT2D eigenvalue weighted by Gasteiger charge is 2.38. The van der Waals surface area contributed by atoms with E-state index in [-0.39, 0.29) is 16.3 Å². The molecule has 0 atom stereocenters. The molecule has 0 spiro atoms. The summed E-state index contributed by atoms with van der Waals surface area (Å²) >= 11 is 5.25. The van der Waals surface area contributed by atoms with Crippen molar-refractivity contribution in [3.05, 3.63) is 48.0 Å². The van der Waals surface area contributed by atoms with E-state index in [0.29, 0.717) is 28.8 Å². The second-order valence-corrected chi connectivity index (χ2v) is 9.86. The second kappa shape index (κ2) is 11.4. The number of hydrazine groups is 1. The normalized spacial score (nSPS) is 11.6. The summed E-state index contributed by atoms with van der Waals surface area (Å²) < 4.78 is 65.0. The van der Waals surface area contributed by atoms with Crippen LogP contribution in [-0.2, 0) is 14.8 Å². The Morgan fingerprint density at radius 2 is 1.62 bits per heavy atom. The summed E-state index contributed by atoms with van der Waals surface area (Å²) in [6.07, 6.45) is -4.10. The summed E-state index contributed by atoms with van der Waals surface area (Å²) in [5, 5.41) is 6.41. The third-order valence-corrected chi connectivity index (χ3v) is 6.23. The number of carbonyl (C=O) groups is 1. The van der Waals surface area contributed by atoms with Gasteiger partial charge in [0.1, 0.15) is 0 Å². The quantitative estimate of drug-likeness (QED) is 0.251. The molecule has 1 amide bonds. The highest BCUT2D eigenvalue weighted by molar-refractivity contribution is 7.92. The minimum Gasteiger partial charge on any atom is -0.362 e. The molecule has 2 aromatic rings. The lowest BCUT2D eigenvalue weighted by Crippen LogP contribution is -2.40. The van der Waals surface area contributed by atoms with Crippen LogP contribution in [0.2, 0.25) is 0 Å². The summed E-state index contributed by atoms with van der Waals surface area (Å²) in [5.41, 5.74) is 4.91. The van der Waals surface area contributed by atoms with Gasteiger partial charge in [0.25, 0.3) is 10.0 Å². The fraction of sp³-hybridized carbons (Fsp3) is 0.333. The molecule has 0 radical (unpaired) electrons. The van der Waals surface area contributed by atoms with Crippen molar-refractivity contribution >= 4 is 50.3 Å². The van der Waals surface area contributed by atoms with E-state index in [0.717, 1.165) is 6.42 Å². The smallest absolute Gasteiger partial charge is 0.362 e. The first-order chi connectivity index (χ1) is 15.8. The van der Waals surface area contributed by atoms with Crippen LogP contribution in [0.25, 0.3) is 0 Å². The Kier molecular flexibility index (Phi) is 9.10. The lowest BCUT2D eigenvalue weighted by atomic mass is 10.1. The van der Waals surface area contributed by atoms with Crippen molar-refractivity contribution in [3.8, 4) is 0 Å². The average molecular weight is 518 g/mol. The molecule has 0 saturated heterocycles. The van der Waals surface area contributed by atoms with Gasteiger partial charge in [-0.3, -0.25) is 20.4 Å². The molecule has 0 heterocycles. The number of aryl methyl sites for hydroxylation is 1. The molecule has 5 N–H and O–H groups in total. The minimum atomic E-state index is -5.03. The predicted octanol–water partition coefficient (Wildman–Crippen LogP) is 4.13. The molecular weight excluding hydrogens is 491 g/mol. The van der Waals surface area contributed by atoms with Gasteiger partial charge in [-0.05, 0) is 73.4 Å². The highest BCUT2D eigenvalue weighted by atomic mass is 32.2. The zero-order chi connectivity index (χ0) is 25.5. The number of nitrogens with one attached hydrogen (secondary N) is 5. The molecule has 2 aromatic carbocycles. The molecule has 186 valence electrons. The van der Waals surface area contributed by atoms with Crippen LogP contribution in [0.1, 0.15) is 25.8 Å². The van der Waals surface area contributed by atoms with Crippen molar-refractivity contribution in [2.75, 3.05) is 22.0 Å². The number of anilines is 3. The minimum absolute atomic E-state index is 0.0297. The van der Waals surface area contributed by atoms with Crippen molar-refractivity contribution < 1.29 is 26.4 Å². The first kappa shape index (κ1) is 27.2. The summed E-state index contributed by atoms with van der Waals surface area (Å²) in [6.45, 7) is 6.52. The van der Waals surface area contributed by atoms with Crippen LogP contribution in [0.3, 0.4) is 0 Å². The molecular formula is C21H26F3N5O3S2. The topological polar surface area (TPSA) is 111 Å². The van der Waals surface area contributed by atoms with Crippen LogP contribution >= 0.6 is 12.2 Å². The molecule has 0 aliphatic carbocycles. The first-order valence-corrected chi connectivity index (χ1v) is 12.1. The van der Waals surface area contributed by atoms with Gasteiger partial charge in [-0.15, -0.1) is 0 Å². The molecule has 0 unspecified atom stereocenters. The molecule has 0 bridgehead atoms. The van der Waals surface area contributed by atoms with Gasteiger partial charge in [0.2, 0.25) is 0 Å². The average Bonchev–Trinajstić information content (AvgIpc) is 2.73. The van der Waals surface area contributed by atoms with E-state index in [2.05, 4.69) is 34.6 Å². The Hall–Kier alpha value is -3.06. The third kappa shape index (κ3) is 8.37. The number of benzene rings is 2. The maximum Gasteiger partial charge on any atom is 0.472 e. The molecule has 0 aliphatic heterocycles. The van der Waals surface area contributed by atoms with Gasteiger partial charge in [0, 0.05) is 17.9 Å². The lowest BCUT2D eigenvalue weighted by molar-refractivity contribution is -0.173. The Morgan fingerprint density at radius 1 is 1.03 bits per heavy atom. The van der Waals surface area contributed by atoms with Crippen molar-refractivity contribution in [2.24, 2.45) is 5.92 Å². The summed E-state index contributed by atoms with van der Waals surface area (Å²) in [7, 11) is -3.98. The number of amides is 1. The Bertz CT molecular complexity index is 1120. The van der Waals surface area contributed by atoms with Crippen molar-refractivity contribution in [2.45, 2.75) is 38.3 Å². The first-order valence-electron chi connectivity index (χ1n) is 10.2. The van der Waals surface area contributed by atoms with Crippen molar-refractivity contribution in [1.82, 2.24) is 10.7 Å². The van der Waals surface area contributed by atoms with Gasteiger partial charge in [-0.25, -0.2) is 8.42 Å². The number of sulfonamides is 1. The molecule has 0 saturated carbocycles. The van der Waals surface area contributed by atoms with E-state index in [1.54, 1.807) is 19.1 Å². The fourth-order valence-electron chi connectivity index (χ4n) is 2.65. The molecule has 0 aliphatic rings. The van der Waals surface area contributed by atoms with Gasteiger partial charge < -0.3 is 10.6 Å². The van der Waals surface area contributed by atoms with Crippen molar-refractivity contribution in [3.63, 3.8) is 0 Å². The van der Waals surface area contributed by atoms with E-state index in [4.69, 9.17) is 12.2 Å². The largest absolute Gasteiger partial charge is 0.472 e. The maximum atomic E-state index is 12.9. The highest BCUT2D eigenvalue weighted by Crippen LogP contribution is 2.24. The van der Waals surface area contributed by atoms with Crippen LogP contribution in [0, 0.1) is 12.8 Å². The molecule has 34 heavy (non-hydrogen) atoms. The monoisotopic (exact) mass is 517 g/mol. The van der Waals surface area contributed by atoms with Gasteiger partial charge in [-0.1, -0.05) is 19.9 Å². The standard InChI is InChI=1S/C21H26F3N5O3S2/c1-13(2)10-11-25-20(33)26-17-5-4-14(3)18(12-17)34(31,32)29-16-8-6-15(7-9-16)27-28-19(30)21(22,23)24/h4-9,12-13,27,29H,10-11H2,1-3H3,(H,28,30)(H2,25,26,33). The number of thiocarbonyl (C=S) groups is 1. The van der Waals surface area contributed by atoms with Gasteiger partial charge >= 0.3 is 12.1 Å². The maximum absolute atomic E-state index is 12.9. The lowest BCUT2D eigenvalue weighted by Gasteiger charge is -2.15. The van der Waals surface area contributed by atoms with Crippen LogP contribution in [0.5, 0.6) is 0 Å². The molecule has 0 aromatic heterocycles. The van der Waals surface area contributed by atoms with Crippen molar-refractivity contribution in [1.29, 1.82) is 0 Å². The zero-order valence-electron chi connectivity index (χ0n) is 18.7. The Labute approximate surface area is 201 Å². The van der Waals surface area contributed by atoms with Gasteiger partial charge in [-0.2, -0.15) is 13.2 Å². The van der Waals surface area contributed by atoms with E-state index in [1.807, 2.05) is 0 Å². The summed E-state index contributed by atoms with van der Waals surface area (Å²) in [6, 6.07) is 10.1. The van der Waals surface area contributed by atoms with Crippen LogP contribution in [0.15, 0.2) is 47.4 Å².